The van der Waals surface area contributed by atoms with Crippen molar-refractivity contribution in [2.75, 3.05) is 4.90 Å². The van der Waals surface area contributed by atoms with Crippen LogP contribution in [0.2, 0.25) is 0 Å². The predicted octanol–water partition coefficient (Wildman–Crippen LogP) is 17.9. The Bertz CT molecular complexity index is 3920. The highest BCUT2D eigenvalue weighted by atomic mass is 15.1. The third-order valence-corrected chi connectivity index (χ3v) is 13.6. The quantitative estimate of drug-likeness (QED) is 0.145. The summed E-state index contributed by atoms with van der Waals surface area (Å²) in [5.41, 5.74) is 14.1. The van der Waals surface area contributed by atoms with E-state index in [0.717, 1.165) is 22.7 Å². The van der Waals surface area contributed by atoms with Crippen LogP contribution in [0.3, 0.4) is 0 Å². The molecule has 0 spiro atoms. The molecule has 0 bridgehead atoms. The van der Waals surface area contributed by atoms with Crippen molar-refractivity contribution in [3.05, 3.63) is 255 Å². The normalized spacial score (nSPS) is 11.6. The molecule has 0 saturated carbocycles. The highest BCUT2D eigenvalue weighted by Crippen LogP contribution is 2.42. The molecular formula is C64H42N2. The standard InChI is InChI=1S/C64H42N2/c1-3-16-49(17-4-1)65(51-33-26-43(27-34-51)46-30-37-59-57-23-10-9-21-55(57)56-22-11-12-24-58(56)60(59)40-46)52-35-28-44(29-36-52)47-31-38-63-61(41-47)62-42-48(54-25-13-15-45-14-7-8-20-53(45)54)32-39-64(62)66(63)50-18-5-2-6-19-50/h1-42H. The van der Waals surface area contributed by atoms with E-state index in [1.54, 1.807) is 0 Å². The number of para-hydroxylation sites is 2. The van der Waals surface area contributed by atoms with Crippen molar-refractivity contribution in [3.8, 4) is 39.1 Å². The molecule has 12 aromatic carbocycles. The minimum Gasteiger partial charge on any atom is -0.311 e. The molecular weight excluding hydrogens is 797 g/mol. The van der Waals surface area contributed by atoms with Crippen molar-refractivity contribution in [2.45, 2.75) is 0 Å². The molecule has 0 saturated heterocycles. The zero-order valence-corrected chi connectivity index (χ0v) is 36.1. The number of rotatable bonds is 7. The van der Waals surface area contributed by atoms with Crippen LogP contribution in [0.25, 0.3) is 104 Å². The molecule has 0 radical (unpaired) electrons. The lowest BCUT2D eigenvalue weighted by molar-refractivity contribution is 1.18. The Hall–Kier alpha value is -8.72. The number of anilines is 3. The molecule has 2 nitrogen and oxygen atoms in total. The van der Waals surface area contributed by atoms with Gasteiger partial charge in [-0.25, -0.2) is 0 Å². The summed E-state index contributed by atoms with van der Waals surface area (Å²) in [6.45, 7) is 0. The van der Waals surface area contributed by atoms with Gasteiger partial charge in [-0.05, 0) is 155 Å². The van der Waals surface area contributed by atoms with E-state index in [1.165, 1.54) is 98.3 Å². The monoisotopic (exact) mass is 838 g/mol. The SMILES string of the molecule is c1ccc(N(c2ccc(-c3ccc4c5ccccc5c5ccccc5c4c3)cc2)c2ccc(-c3ccc4c(c3)c3cc(-c5cccc6ccccc56)ccc3n4-c3ccccc3)cc2)cc1. The lowest BCUT2D eigenvalue weighted by Gasteiger charge is -2.26. The molecule has 2 heteroatoms. The van der Waals surface area contributed by atoms with Gasteiger partial charge in [0, 0.05) is 33.5 Å². The maximum absolute atomic E-state index is 2.40. The number of hydrogen-bond acceptors (Lipinski definition) is 1. The largest absolute Gasteiger partial charge is 0.311 e. The van der Waals surface area contributed by atoms with Crippen molar-refractivity contribution >= 4 is 82.0 Å². The molecule has 0 aliphatic heterocycles. The van der Waals surface area contributed by atoms with Crippen LogP contribution in [-0.4, -0.2) is 4.57 Å². The average Bonchev–Trinajstić information content (AvgIpc) is 3.72. The van der Waals surface area contributed by atoms with Crippen molar-refractivity contribution in [3.63, 3.8) is 0 Å². The summed E-state index contributed by atoms with van der Waals surface area (Å²) in [5, 5.41) is 12.7. The average molecular weight is 839 g/mol. The molecule has 0 atom stereocenters. The molecule has 0 aliphatic rings. The van der Waals surface area contributed by atoms with Crippen molar-refractivity contribution in [2.24, 2.45) is 0 Å². The summed E-state index contributed by atoms with van der Waals surface area (Å²) in [6.07, 6.45) is 0. The number of hydrogen-bond donors (Lipinski definition) is 0. The third kappa shape index (κ3) is 6.26. The molecule has 66 heavy (non-hydrogen) atoms. The summed E-state index contributed by atoms with van der Waals surface area (Å²) < 4.78 is 2.40. The molecule has 1 heterocycles. The van der Waals surface area contributed by atoms with E-state index >= 15 is 0 Å². The van der Waals surface area contributed by atoms with E-state index in [2.05, 4.69) is 264 Å². The van der Waals surface area contributed by atoms with E-state index in [4.69, 9.17) is 0 Å². The zero-order chi connectivity index (χ0) is 43.6. The molecule has 0 N–H and O–H groups in total. The van der Waals surface area contributed by atoms with Crippen LogP contribution >= 0.6 is 0 Å². The van der Waals surface area contributed by atoms with Crippen LogP contribution in [0.5, 0.6) is 0 Å². The Morgan fingerprint density at radius 1 is 0.242 bits per heavy atom. The van der Waals surface area contributed by atoms with Crippen LogP contribution in [-0.2, 0) is 0 Å². The van der Waals surface area contributed by atoms with Crippen molar-refractivity contribution in [1.82, 2.24) is 4.57 Å². The predicted molar refractivity (Wildman–Crippen MR) is 282 cm³/mol. The summed E-state index contributed by atoms with van der Waals surface area (Å²) in [6, 6.07) is 93.1. The summed E-state index contributed by atoms with van der Waals surface area (Å²) in [7, 11) is 0. The van der Waals surface area contributed by atoms with Gasteiger partial charge in [-0.15, -0.1) is 0 Å². The van der Waals surface area contributed by atoms with Gasteiger partial charge in [0.2, 0.25) is 0 Å². The van der Waals surface area contributed by atoms with E-state index < -0.39 is 0 Å². The first kappa shape index (κ1) is 37.8. The first-order chi connectivity index (χ1) is 32.7. The van der Waals surface area contributed by atoms with Gasteiger partial charge in [0.25, 0.3) is 0 Å². The van der Waals surface area contributed by atoms with Gasteiger partial charge in [-0.3, -0.25) is 0 Å². The van der Waals surface area contributed by atoms with Gasteiger partial charge >= 0.3 is 0 Å². The third-order valence-electron chi connectivity index (χ3n) is 13.6. The number of fused-ring (bicyclic) bond motifs is 10. The second kappa shape index (κ2) is 15.5. The molecule has 13 aromatic rings. The summed E-state index contributed by atoms with van der Waals surface area (Å²) in [5.74, 6) is 0. The molecule has 0 aliphatic carbocycles. The fraction of sp³-hybridized carbons (Fsp3) is 0. The second-order valence-electron chi connectivity index (χ2n) is 17.3. The van der Waals surface area contributed by atoms with Crippen LogP contribution in [0.1, 0.15) is 0 Å². The van der Waals surface area contributed by atoms with E-state index in [1.807, 2.05) is 0 Å². The van der Waals surface area contributed by atoms with E-state index in [9.17, 15) is 0 Å². The molecule has 0 unspecified atom stereocenters. The molecule has 0 amide bonds. The highest BCUT2D eigenvalue weighted by molar-refractivity contribution is 6.25. The van der Waals surface area contributed by atoms with Gasteiger partial charge in [0.15, 0.2) is 0 Å². The van der Waals surface area contributed by atoms with Crippen LogP contribution in [0.15, 0.2) is 255 Å². The van der Waals surface area contributed by atoms with Gasteiger partial charge in [-0.2, -0.15) is 0 Å². The Kier molecular flexibility index (Phi) is 8.89. The molecule has 13 rings (SSSR count). The van der Waals surface area contributed by atoms with Crippen LogP contribution in [0, 0.1) is 0 Å². The molecule has 308 valence electrons. The summed E-state index contributed by atoms with van der Waals surface area (Å²) >= 11 is 0. The molecule has 0 fully saturated rings. The number of aromatic nitrogens is 1. The first-order valence-electron chi connectivity index (χ1n) is 22.7. The smallest absolute Gasteiger partial charge is 0.0541 e. The van der Waals surface area contributed by atoms with Crippen molar-refractivity contribution in [1.29, 1.82) is 0 Å². The van der Waals surface area contributed by atoms with E-state index in [-0.39, 0.29) is 0 Å². The maximum atomic E-state index is 2.40. The number of nitrogens with zero attached hydrogens (tertiary/aromatic N) is 2. The minimum absolute atomic E-state index is 1.10. The topological polar surface area (TPSA) is 8.17 Å². The Morgan fingerprint density at radius 2 is 0.652 bits per heavy atom. The zero-order valence-electron chi connectivity index (χ0n) is 36.1. The fourth-order valence-electron chi connectivity index (χ4n) is 10.4. The van der Waals surface area contributed by atoms with Gasteiger partial charge < -0.3 is 9.47 Å². The molecule has 1 aromatic heterocycles. The van der Waals surface area contributed by atoms with Gasteiger partial charge in [0.1, 0.15) is 0 Å². The Morgan fingerprint density at radius 3 is 1.26 bits per heavy atom. The lowest BCUT2D eigenvalue weighted by Crippen LogP contribution is -2.09. The van der Waals surface area contributed by atoms with E-state index in [0.29, 0.717) is 0 Å². The summed E-state index contributed by atoms with van der Waals surface area (Å²) in [4.78, 5) is 2.35. The van der Waals surface area contributed by atoms with Gasteiger partial charge in [0.05, 0.1) is 11.0 Å². The highest BCUT2D eigenvalue weighted by Gasteiger charge is 2.18. The minimum atomic E-state index is 1.10. The number of benzene rings is 12. The fourth-order valence-corrected chi connectivity index (χ4v) is 10.4. The Balaban J connectivity index is 0.878. The maximum Gasteiger partial charge on any atom is 0.0541 e. The van der Waals surface area contributed by atoms with Crippen LogP contribution in [0.4, 0.5) is 17.1 Å². The first-order valence-corrected chi connectivity index (χ1v) is 22.7. The van der Waals surface area contributed by atoms with Crippen LogP contribution < -0.4 is 4.90 Å². The second-order valence-corrected chi connectivity index (χ2v) is 17.3. The lowest BCUT2D eigenvalue weighted by atomic mass is 9.92. The van der Waals surface area contributed by atoms with Gasteiger partial charge in [-0.1, -0.05) is 176 Å². The Labute approximate surface area is 383 Å². The van der Waals surface area contributed by atoms with Crippen molar-refractivity contribution < 1.29 is 0 Å².